The highest BCUT2D eigenvalue weighted by Gasteiger charge is 2.61. The average molecular weight is 1260 g/mol. The van der Waals surface area contributed by atoms with Gasteiger partial charge >= 0.3 is 83.6 Å². The Hall–Kier alpha value is -7.70. The van der Waals surface area contributed by atoms with E-state index in [0.717, 1.165) is 96.9 Å². The van der Waals surface area contributed by atoms with E-state index in [-0.39, 0.29) is 0 Å². The van der Waals surface area contributed by atoms with Gasteiger partial charge in [0, 0.05) is 96.9 Å². The molecular weight excluding hydrogens is 1180 g/mol. The lowest BCUT2D eigenvalue weighted by molar-refractivity contribution is -0.381. The summed E-state index contributed by atoms with van der Waals surface area (Å²) in [4.78, 5) is 178. The van der Waals surface area contributed by atoms with Crippen molar-refractivity contribution in [3.63, 3.8) is 0 Å². The van der Waals surface area contributed by atoms with Crippen molar-refractivity contribution in [1.82, 2.24) is 0 Å². The lowest BCUT2D eigenvalue weighted by Gasteiger charge is -2.50. The van der Waals surface area contributed by atoms with E-state index < -0.39 is 233 Å². The smallest absolute Gasteiger partial charge is 0.305 e. The molecule has 0 unspecified atom stereocenters. The molecular formula is C52H70O35. The molecule has 35 nitrogen and oxygen atoms in total. The number of carbonyl (C=O) groups excluding carboxylic acids is 14. The van der Waals surface area contributed by atoms with Crippen LogP contribution in [-0.2, 0) is 167 Å². The van der Waals surface area contributed by atoms with Gasteiger partial charge in [-0.25, -0.2) is 0 Å². The summed E-state index contributed by atoms with van der Waals surface area (Å²) in [7, 11) is 0. The second kappa shape index (κ2) is 32.9. The first-order valence-electron chi connectivity index (χ1n) is 26.5. The molecule has 0 aromatic heterocycles. The molecule has 488 valence electrons. The van der Waals surface area contributed by atoms with Gasteiger partial charge in [0.05, 0.1) is 6.61 Å². The third-order valence-corrected chi connectivity index (χ3v) is 12.0. The van der Waals surface area contributed by atoms with Gasteiger partial charge in [-0.3, -0.25) is 67.1 Å². The minimum atomic E-state index is -2.23. The Labute approximate surface area is 495 Å². The summed E-state index contributed by atoms with van der Waals surface area (Å²) >= 11 is 0. The van der Waals surface area contributed by atoms with Crippen LogP contribution < -0.4 is 0 Å². The lowest BCUT2D eigenvalue weighted by Crippen LogP contribution is -2.69. The zero-order chi connectivity index (χ0) is 65.3. The molecule has 4 rings (SSSR count). The predicted molar refractivity (Wildman–Crippen MR) is 268 cm³/mol. The molecule has 0 aromatic carbocycles. The normalized spacial score (nSPS) is 31.9. The minimum Gasteiger partial charge on any atom is -0.463 e. The maximum absolute atomic E-state index is 13.3. The van der Waals surface area contributed by atoms with Crippen LogP contribution in [0.4, 0.5) is 0 Å². The highest BCUT2D eigenvalue weighted by molar-refractivity contribution is 5.71. The molecule has 4 fully saturated rings. The zero-order valence-electron chi connectivity index (χ0n) is 49.7. The number of esters is 14. The van der Waals surface area contributed by atoms with Crippen molar-refractivity contribution < 1.29 is 167 Å². The van der Waals surface area contributed by atoms with Crippen LogP contribution in [0, 0.1) is 0 Å². The molecule has 0 aliphatic carbocycles. The van der Waals surface area contributed by atoms with Gasteiger partial charge in [0.1, 0.15) is 56.4 Å². The predicted octanol–water partition coefficient (Wildman–Crippen LogP) is -1.76. The lowest BCUT2D eigenvalue weighted by atomic mass is 9.95. The Morgan fingerprint density at radius 3 is 0.713 bits per heavy atom. The third-order valence-electron chi connectivity index (χ3n) is 12.0. The first-order chi connectivity index (χ1) is 40.6. The summed E-state index contributed by atoms with van der Waals surface area (Å²) < 4.78 is 121. The molecule has 4 saturated heterocycles. The molecule has 4 aliphatic heterocycles. The van der Waals surface area contributed by atoms with E-state index in [4.69, 9.17) is 99.5 Å². The molecule has 0 bridgehead atoms. The molecule has 0 spiro atoms. The van der Waals surface area contributed by atoms with Gasteiger partial charge in [0.2, 0.25) is 12.4 Å². The Morgan fingerprint density at radius 1 is 0.218 bits per heavy atom. The molecule has 0 radical (unpaired) electrons. The Bertz CT molecular complexity index is 2530. The number of carbonyl (C=O) groups is 14. The van der Waals surface area contributed by atoms with Crippen LogP contribution in [-0.4, -0.2) is 233 Å². The zero-order valence-corrected chi connectivity index (χ0v) is 49.7. The highest BCUT2D eigenvalue weighted by Crippen LogP contribution is 2.39. The van der Waals surface area contributed by atoms with Gasteiger partial charge in [0.15, 0.2) is 73.8 Å². The van der Waals surface area contributed by atoms with Crippen LogP contribution in [0.3, 0.4) is 0 Å². The monoisotopic (exact) mass is 1250 g/mol. The molecule has 0 N–H and O–H groups in total. The molecule has 20 atom stereocenters. The van der Waals surface area contributed by atoms with Gasteiger partial charge < -0.3 is 99.5 Å². The number of hydrogen-bond acceptors (Lipinski definition) is 35. The summed E-state index contributed by atoms with van der Waals surface area (Å²) in [5.74, 6) is -14.5. The quantitative estimate of drug-likeness (QED) is 0.0763. The van der Waals surface area contributed by atoms with Gasteiger partial charge in [0.25, 0.3) is 0 Å². The van der Waals surface area contributed by atoms with E-state index >= 15 is 0 Å². The molecule has 4 aliphatic rings. The van der Waals surface area contributed by atoms with Gasteiger partial charge in [-0.1, -0.05) is 0 Å². The highest BCUT2D eigenvalue weighted by atomic mass is 16.8. The van der Waals surface area contributed by atoms with E-state index in [1.165, 1.54) is 0 Å². The summed E-state index contributed by atoms with van der Waals surface area (Å²) in [6.45, 7) is 9.78. The van der Waals surface area contributed by atoms with Gasteiger partial charge in [-0.05, 0) is 0 Å². The summed E-state index contributed by atoms with van der Waals surface area (Å²) in [5.41, 5.74) is 0. The second-order valence-corrected chi connectivity index (χ2v) is 19.5. The molecule has 0 aromatic rings. The Balaban J connectivity index is 1.97. The van der Waals surface area contributed by atoms with Crippen molar-refractivity contribution >= 4 is 83.6 Å². The number of ether oxygens (including phenoxy) is 21. The fourth-order valence-electron chi connectivity index (χ4n) is 9.33. The van der Waals surface area contributed by atoms with Crippen molar-refractivity contribution in [2.24, 2.45) is 0 Å². The first-order valence-corrected chi connectivity index (χ1v) is 26.5. The fourth-order valence-corrected chi connectivity index (χ4v) is 9.33. The molecule has 35 heteroatoms. The van der Waals surface area contributed by atoms with E-state index in [1.807, 2.05) is 0 Å². The Kier molecular flexibility index (Phi) is 27.1. The largest absolute Gasteiger partial charge is 0.463 e. The van der Waals surface area contributed by atoms with Crippen molar-refractivity contribution in [1.29, 1.82) is 0 Å². The number of hydrogen-bond donors (Lipinski definition) is 0. The molecule has 0 saturated carbocycles. The maximum Gasteiger partial charge on any atom is 0.305 e. The van der Waals surface area contributed by atoms with Crippen molar-refractivity contribution in [3.8, 4) is 0 Å². The standard InChI is InChI=1S/C52H70O35/c1-19(53)67-15-33-37(71-22(4)56)41(73-24(6)58)45(77-28(10)62)49(82-33)70-18-36-38(72-23(5)57)42(74-25(7)59)47(79-30(12)64)51(85-36)87-40-35(17-69-21(3)55)84-52(48(80-31(13)65)44(40)76-27(9)61)86-39-34(16-68-20(2)54)83-50(81-32(14)66)46(78-29(11)63)43(39)75-26(8)60/h33-52H,15-18H2,1-14H3/t33-,34-,35-,36-,37-,38-,39-,40-,41+,42+,43+,44+,45-,46-,47-,48-,49-,50+,51+,52+/m1/s1. The Morgan fingerprint density at radius 2 is 0.425 bits per heavy atom. The van der Waals surface area contributed by atoms with Gasteiger partial charge in [-0.15, -0.1) is 0 Å². The van der Waals surface area contributed by atoms with Crippen LogP contribution in [0.1, 0.15) is 96.9 Å². The third kappa shape index (κ3) is 21.9. The molecule has 4 heterocycles. The van der Waals surface area contributed by atoms with Gasteiger partial charge in [-0.2, -0.15) is 0 Å². The van der Waals surface area contributed by atoms with Crippen molar-refractivity contribution in [3.05, 3.63) is 0 Å². The summed E-state index contributed by atoms with van der Waals surface area (Å²) in [5, 5.41) is 0. The first kappa shape index (κ1) is 71.8. The van der Waals surface area contributed by atoms with E-state index in [0.29, 0.717) is 0 Å². The van der Waals surface area contributed by atoms with Crippen LogP contribution in [0.2, 0.25) is 0 Å². The summed E-state index contributed by atoms with van der Waals surface area (Å²) in [6, 6.07) is 0. The SMILES string of the molecule is CC(=O)OC[C@H]1O[C@@H](OC[C@H]2O[C@@H](O[C@H]3[C@H](OC(C)=O)[C@@H](OC(C)=O)[C@H](O[C@H]4[C@H](OC(C)=O)[C@@H](OC(C)=O)[C@@H](OC(C)=O)O[C@@H]4COC(C)=O)O[C@@H]3COC(C)=O)[C@H](OC(C)=O)[C@@H](OC(C)=O)[C@@H]2OC(C)=O)[C@H](OC(C)=O)[C@@H](OC(C)=O)[C@@H]1OC(C)=O. The average Bonchev–Trinajstić information content (AvgIpc) is 0.857. The van der Waals surface area contributed by atoms with Crippen LogP contribution in [0.25, 0.3) is 0 Å². The van der Waals surface area contributed by atoms with E-state index in [1.54, 1.807) is 0 Å². The fraction of sp³-hybridized carbons (Fsp3) is 0.731. The van der Waals surface area contributed by atoms with Crippen molar-refractivity contribution in [2.45, 2.75) is 220 Å². The molecule has 0 amide bonds. The van der Waals surface area contributed by atoms with Crippen LogP contribution >= 0.6 is 0 Å². The molecule has 87 heavy (non-hydrogen) atoms. The van der Waals surface area contributed by atoms with Crippen LogP contribution in [0.15, 0.2) is 0 Å². The second-order valence-electron chi connectivity index (χ2n) is 19.5. The summed E-state index contributed by atoms with van der Waals surface area (Å²) in [6.07, 6.45) is -38.5. The van der Waals surface area contributed by atoms with E-state index in [9.17, 15) is 67.1 Å². The van der Waals surface area contributed by atoms with Crippen molar-refractivity contribution in [2.75, 3.05) is 26.4 Å². The minimum absolute atomic E-state index is 0.703. The van der Waals surface area contributed by atoms with Crippen LogP contribution in [0.5, 0.6) is 0 Å². The topological polar surface area (TPSA) is 433 Å². The number of rotatable bonds is 24. The maximum atomic E-state index is 13.3. The van der Waals surface area contributed by atoms with E-state index in [2.05, 4.69) is 0 Å².